The first-order chi connectivity index (χ1) is 8.04. The van der Waals surface area contributed by atoms with Gasteiger partial charge in [0, 0.05) is 16.6 Å². The van der Waals surface area contributed by atoms with Crippen molar-refractivity contribution in [2.45, 2.75) is 39.2 Å². The van der Waals surface area contributed by atoms with Gasteiger partial charge >= 0.3 is 0 Å². The normalized spacial score (nSPS) is 13.1. The molecule has 0 radical (unpaired) electrons. The van der Waals surface area contributed by atoms with E-state index in [1.54, 1.807) is 12.1 Å². The molecule has 0 amide bonds. The minimum absolute atomic E-state index is 0.174. The molecular weight excluding hydrogens is 239 g/mol. The molecule has 0 aliphatic rings. The molecule has 3 N–H and O–H groups in total. The van der Waals surface area contributed by atoms with Crippen LogP contribution in [-0.2, 0) is 0 Å². The molecule has 0 aliphatic carbocycles. The zero-order valence-electron chi connectivity index (χ0n) is 10.3. The molecule has 0 aromatic heterocycles. The molecule has 0 aliphatic heterocycles. The molecule has 0 bridgehead atoms. The van der Waals surface area contributed by atoms with E-state index in [4.69, 9.17) is 17.4 Å². The highest BCUT2D eigenvalue weighted by Gasteiger charge is 2.14. The molecule has 1 rings (SSSR count). The van der Waals surface area contributed by atoms with Crippen LogP contribution in [0.4, 0.5) is 4.39 Å². The monoisotopic (exact) mass is 258 g/mol. The number of hydrazine groups is 1. The zero-order valence-corrected chi connectivity index (χ0v) is 11.1. The maximum absolute atomic E-state index is 13.6. The van der Waals surface area contributed by atoms with Gasteiger partial charge in [0.1, 0.15) is 5.82 Å². The highest BCUT2D eigenvalue weighted by molar-refractivity contribution is 6.30. The lowest BCUT2D eigenvalue weighted by Gasteiger charge is -2.17. The van der Waals surface area contributed by atoms with Crippen LogP contribution < -0.4 is 11.3 Å². The number of benzene rings is 1. The number of rotatable bonds is 6. The van der Waals surface area contributed by atoms with Crippen molar-refractivity contribution in [1.82, 2.24) is 5.43 Å². The van der Waals surface area contributed by atoms with Gasteiger partial charge < -0.3 is 0 Å². The van der Waals surface area contributed by atoms with Gasteiger partial charge in [0.05, 0.1) is 0 Å². The van der Waals surface area contributed by atoms with Crippen LogP contribution in [-0.4, -0.2) is 0 Å². The molecule has 1 unspecified atom stereocenters. The summed E-state index contributed by atoms with van der Waals surface area (Å²) >= 11 is 5.87. The molecule has 2 nitrogen and oxygen atoms in total. The summed E-state index contributed by atoms with van der Waals surface area (Å²) in [5.74, 6) is 5.87. The third-order valence-electron chi connectivity index (χ3n) is 2.81. The van der Waals surface area contributed by atoms with Crippen LogP contribution in [0.15, 0.2) is 18.2 Å². The summed E-state index contributed by atoms with van der Waals surface area (Å²) < 4.78 is 13.6. The van der Waals surface area contributed by atoms with Crippen molar-refractivity contribution in [1.29, 1.82) is 0 Å². The van der Waals surface area contributed by atoms with Gasteiger partial charge in [-0.25, -0.2) is 4.39 Å². The van der Waals surface area contributed by atoms with Gasteiger partial charge in [-0.3, -0.25) is 11.3 Å². The first kappa shape index (κ1) is 14.4. The fraction of sp³-hybridized carbons (Fsp3) is 0.538. The maximum atomic E-state index is 13.6. The van der Waals surface area contributed by atoms with E-state index < -0.39 is 0 Å². The van der Waals surface area contributed by atoms with E-state index in [0.717, 1.165) is 19.3 Å². The minimum Gasteiger partial charge on any atom is -0.271 e. The van der Waals surface area contributed by atoms with Crippen LogP contribution in [0.5, 0.6) is 0 Å². The van der Waals surface area contributed by atoms with Crippen molar-refractivity contribution in [3.63, 3.8) is 0 Å². The lowest BCUT2D eigenvalue weighted by Crippen LogP contribution is -2.28. The first-order valence-electron chi connectivity index (χ1n) is 5.95. The van der Waals surface area contributed by atoms with E-state index in [1.807, 2.05) is 0 Å². The summed E-state index contributed by atoms with van der Waals surface area (Å²) in [7, 11) is 0. The van der Waals surface area contributed by atoms with Crippen molar-refractivity contribution in [2.75, 3.05) is 0 Å². The Morgan fingerprint density at radius 3 is 2.65 bits per heavy atom. The number of nitrogens with two attached hydrogens (primary N) is 1. The molecule has 1 aromatic rings. The molecule has 0 saturated carbocycles. The Balaban J connectivity index is 2.68. The van der Waals surface area contributed by atoms with Gasteiger partial charge in [0.2, 0.25) is 0 Å². The summed E-state index contributed by atoms with van der Waals surface area (Å²) in [6.45, 7) is 4.34. The minimum atomic E-state index is -0.262. The van der Waals surface area contributed by atoms with E-state index >= 15 is 0 Å². The second kappa shape index (κ2) is 6.94. The lowest BCUT2D eigenvalue weighted by molar-refractivity contribution is 0.441. The summed E-state index contributed by atoms with van der Waals surface area (Å²) in [6.07, 6.45) is 2.94. The average molecular weight is 259 g/mol. The topological polar surface area (TPSA) is 38.0 Å². The predicted octanol–water partition coefficient (Wildman–Crippen LogP) is 3.81. The van der Waals surface area contributed by atoms with Crippen molar-refractivity contribution in [3.8, 4) is 0 Å². The smallest absolute Gasteiger partial charge is 0.128 e. The Bertz CT molecular complexity index is 355. The van der Waals surface area contributed by atoms with Gasteiger partial charge in [-0.05, 0) is 30.5 Å². The van der Waals surface area contributed by atoms with Crippen molar-refractivity contribution >= 4 is 11.6 Å². The Kier molecular flexibility index (Phi) is 5.89. The van der Waals surface area contributed by atoms with Crippen LogP contribution >= 0.6 is 11.6 Å². The van der Waals surface area contributed by atoms with Gasteiger partial charge in [-0.1, -0.05) is 38.3 Å². The number of nitrogens with one attached hydrogen (secondary N) is 1. The van der Waals surface area contributed by atoms with Gasteiger partial charge in [0.15, 0.2) is 0 Å². The van der Waals surface area contributed by atoms with Crippen molar-refractivity contribution in [3.05, 3.63) is 34.6 Å². The van der Waals surface area contributed by atoms with Crippen LogP contribution in [0.1, 0.15) is 44.7 Å². The third kappa shape index (κ3) is 4.62. The molecule has 1 aromatic carbocycles. The Morgan fingerprint density at radius 1 is 1.35 bits per heavy atom. The van der Waals surface area contributed by atoms with Gasteiger partial charge in [-0.15, -0.1) is 0 Å². The Hall–Kier alpha value is -0.640. The highest BCUT2D eigenvalue weighted by atomic mass is 35.5. The fourth-order valence-corrected chi connectivity index (χ4v) is 2.02. The Morgan fingerprint density at radius 2 is 2.06 bits per heavy atom. The van der Waals surface area contributed by atoms with E-state index in [2.05, 4.69) is 19.3 Å². The molecule has 0 saturated heterocycles. The largest absolute Gasteiger partial charge is 0.271 e. The molecule has 4 heteroatoms. The fourth-order valence-electron chi connectivity index (χ4n) is 1.84. The summed E-state index contributed by atoms with van der Waals surface area (Å²) in [5.41, 5.74) is 3.21. The standard InChI is InChI=1S/C13H20ClFN2/c1-9(2)4-3-5-13(17-16)11-8-10(14)6-7-12(11)15/h6-9,13,17H,3-5,16H2,1-2H3. The van der Waals surface area contributed by atoms with Crippen molar-refractivity contribution in [2.24, 2.45) is 11.8 Å². The molecule has 96 valence electrons. The second-order valence-electron chi connectivity index (χ2n) is 4.71. The van der Waals surface area contributed by atoms with E-state index in [1.165, 1.54) is 6.07 Å². The van der Waals surface area contributed by atoms with E-state index in [9.17, 15) is 4.39 Å². The Labute approximate surface area is 107 Å². The highest BCUT2D eigenvalue weighted by Crippen LogP contribution is 2.25. The first-order valence-corrected chi connectivity index (χ1v) is 6.33. The number of hydrogen-bond acceptors (Lipinski definition) is 2. The maximum Gasteiger partial charge on any atom is 0.128 e. The second-order valence-corrected chi connectivity index (χ2v) is 5.15. The molecule has 1 atom stereocenters. The van der Waals surface area contributed by atoms with Gasteiger partial charge in [0.25, 0.3) is 0 Å². The van der Waals surface area contributed by atoms with Crippen molar-refractivity contribution < 1.29 is 4.39 Å². The molecule has 0 spiro atoms. The summed E-state index contributed by atoms with van der Waals surface area (Å²) in [4.78, 5) is 0. The molecule has 0 fully saturated rings. The molecule has 0 heterocycles. The average Bonchev–Trinajstić information content (AvgIpc) is 2.28. The summed E-state index contributed by atoms with van der Waals surface area (Å²) in [6, 6.07) is 4.39. The van der Waals surface area contributed by atoms with E-state index in [0.29, 0.717) is 16.5 Å². The predicted molar refractivity (Wildman–Crippen MR) is 70.2 cm³/mol. The van der Waals surface area contributed by atoms with Crippen LogP contribution in [0, 0.1) is 11.7 Å². The molecule has 17 heavy (non-hydrogen) atoms. The SMILES string of the molecule is CC(C)CCCC(NN)c1cc(Cl)ccc1F. The zero-order chi connectivity index (χ0) is 12.8. The summed E-state index contributed by atoms with van der Waals surface area (Å²) in [5, 5.41) is 0.533. The lowest BCUT2D eigenvalue weighted by atomic mass is 9.98. The quantitative estimate of drug-likeness (QED) is 0.602. The molecular formula is C13H20ClFN2. The van der Waals surface area contributed by atoms with Crippen LogP contribution in [0.2, 0.25) is 5.02 Å². The number of halogens is 2. The van der Waals surface area contributed by atoms with Crippen LogP contribution in [0.3, 0.4) is 0 Å². The third-order valence-corrected chi connectivity index (χ3v) is 3.04. The van der Waals surface area contributed by atoms with E-state index in [-0.39, 0.29) is 11.9 Å². The van der Waals surface area contributed by atoms with Crippen LogP contribution in [0.25, 0.3) is 0 Å². The number of hydrogen-bond donors (Lipinski definition) is 2. The van der Waals surface area contributed by atoms with Gasteiger partial charge in [-0.2, -0.15) is 0 Å².